The average Bonchev–Trinajstić information content (AvgIpc) is 2.63. The summed E-state index contributed by atoms with van der Waals surface area (Å²) in [6.45, 7) is 4.72. The number of likely N-dealkylation sites (tertiary alicyclic amines) is 2. The minimum atomic E-state index is -0.863. The van der Waals surface area contributed by atoms with Crippen LogP contribution in [0.15, 0.2) is 0 Å². The van der Waals surface area contributed by atoms with E-state index >= 15 is 0 Å². The monoisotopic (exact) mass is 282 g/mol. The summed E-state index contributed by atoms with van der Waals surface area (Å²) in [6.07, 6.45) is 6.58. The molecule has 0 aromatic carbocycles. The summed E-state index contributed by atoms with van der Waals surface area (Å²) in [5.74, 6) is -0.863. The Morgan fingerprint density at radius 2 is 1.60 bits per heavy atom. The SMILES string of the molecule is CC1CCCC(C)N1C(=O)N1CCCCCC1C(=O)O. The lowest BCUT2D eigenvalue weighted by atomic mass is 9.98. The molecule has 0 radical (unpaired) electrons. The van der Waals surface area contributed by atoms with Gasteiger partial charge in [-0.25, -0.2) is 9.59 Å². The van der Waals surface area contributed by atoms with Crippen molar-refractivity contribution in [2.24, 2.45) is 0 Å². The van der Waals surface area contributed by atoms with Gasteiger partial charge in [0.2, 0.25) is 0 Å². The lowest BCUT2D eigenvalue weighted by molar-refractivity contribution is -0.142. The smallest absolute Gasteiger partial charge is 0.326 e. The number of hydrogen-bond acceptors (Lipinski definition) is 2. The van der Waals surface area contributed by atoms with Gasteiger partial charge < -0.3 is 14.9 Å². The number of carbonyl (C=O) groups excluding carboxylic acids is 1. The Kier molecular flexibility index (Phi) is 4.89. The Morgan fingerprint density at radius 3 is 2.20 bits per heavy atom. The Bertz CT molecular complexity index is 362. The zero-order chi connectivity index (χ0) is 14.7. The van der Waals surface area contributed by atoms with E-state index in [1.54, 1.807) is 4.90 Å². The maximum atomic E-state index is 12.8. The second-order valence-electron chi connectivity index (χ2n) is 6.22. The second kappa shape index (κ2) is 6.46. The van der Waals surface area contributed by atoms with Crippen molar-refractivity contribution in [3.63, 3.8) is 0 Å². The molecule has 2 aliphatic rings. The first-order valence-electron chi connectivity index (χ1n) is 7.84. The Hall–Kier alpha value is -1.26. The Balaban J connectivity index is 2.17. The first-order chi connectivity index (χ1) is 9.52. The van der Waals surface area contributed by atoms with E-state index in [0.717, 1.165) is 38.5 Å². The lowest BCUT2D eigenvalue weighted by Gasteiger charge is -2.42. The van der Waals surface area contributed by atoms with Crippen LogP contribution < -0.4 is 0 Å². The van der Waals surface area contributed by atoms with Crippen molar-refractivity contribution in [2.75, 3.05) is 6.54 Å². The third kappa shape index (κ3) is 3.07. The van der Waals surface area contributed by atoms with Crippen LogP contribution in [0.3, 0.4) is 0 Å². The van der Waals surface area contributed by atoms with Crippen molar-refractivity contribution in [2.45, 2.75) is 76.9 Å². The molecule has 20 heavy (non-hydrogen) atoms. The molecule has 0 saturated carbocycles. The normalized spacial score (nSPS) is 31.8. The minimum absolute atomic E-state index is 0.0704. The molecular weight excluding hydrogens is 256 g/mol. The van der Waals surface area contributed by atoms with Crippen LogP contribution in [0.2, 0.25) is 0 Å². The molecule has 1 N–H and O–H groups in total. The number of urea groups is 1. The van der Waals surface area contributed by atoms with E-state index in [1.165, 1.54) is 0 Å². The number of carboxylic acid groups (broad SMARTS) is 1. The molecule has 2 rings (SSSR count). The van der Waals surface area contributed by atoms with Crippen LogP contribution in [0.5, 0.6) is 0 Å². The summed E-state index contributed by atoms with van der Waals surface area (Å²) in [5.41, 5.74) is 0. The highest BCUT2D eigenvalue weighted by atomic mass is 16.4. The maximum Gasteiger partial charge on any atom is 0.326 e. The van der Waals surface area contributed by atoms with E-state index in [1.807, 2.05) is 4.90 Å². The maximum absolute atomic E-state index is 12.8. The number of carboxylic acids is 1. The van der Waals surface area contributed by atoms with Gasteiger partial charge in [0.15, 0.2) is 0 Å². The van der Waals surface area contributed by atoms with Crippen LogP contribution >= 0.6 is 0 Å². The summed E-state index contributed by atoms with van der Waals surface area (Å²) in [6, 6.07) is -0.293. The second-order valence-corrected chi connectivity index (χ2v) is 6.22. The van der Waals surface area contributed by atoms with E-state index in [0.29, 0.717) is 13.0 Å². The predicted octanol–water partition coefficient (Wildman–Crippen LogP) is 2.70. The van der Waals surface area contributed by atoms with E-state index < -0.39 is 12.0 Å². The first-order valence-corrected chi connectivity index (χ1v) is 7.84. The Morgan fingerprint density at radius 1 is 0.950 bits per heavy atom. The van der Waals surface area contributed by atoms with Crippen molar-refractivity contribution < 1.29 is 14.7 Å². The number of nitrogens with zero attached hydrogens (tertiary/aromatic N) is 2. The summed E-state index contributed by atoms with van der Waals surface area (Å²) in [7, 11) is 0. The van der Waals surface area contributed by atoms with E-state index in [-0.39, 0.29) is 18.1 Å². The first kappa shape index (κ1) is 15.1. The van der Waals surface area contributed by atoms with Gasteiger partial charge in [0.1, 0.15) is 6.04 Å². The van der Waals surface area contributed by atoms with E-state index in [2.05, 4.69) is 13.8 Å². The summed E-state index contributed by atoms with van der Waals surface area (Å²) >= 11 is 0. The predicted molar refractivity (Wildman–Crippen MR) is 76.6 cm³/mol. The Labute approximate surface area is 120 Å². The van der Waals surface area contributed by atoms with Crippen LogP contribution in [0.4, 0.5) is 4.79 Å². The molecule has 114 valence electrons. The van der Waals surface area contributed by atoms with Gasteiger partial charge in [0.05, 0.1) is 0 Å². The molecule has 0 aromatic heterocycles. The third-order valence-corrected chi connectivity index (χ3v) is 4.70. The number of carbonyl (C=O) groups is 2. The van der Waals surface area contributed by atoms with Crippen molar-refractivity contribution in [1.29, 1.82) is 0 Å². The third-order valence-electron chi connectivity index (χ3n) is 4.70. The van der Waals surface area contributed by atoms with Crippen LogP contribution in [0.1, 0.15) is 58.8 Å². The molecule has 0 aliphatic carbocycles. The molecule has 3 unspecified atom stereocenters. The number of aliphatic carboxylic acids is 1. The fourth-order valence-corrected chi connectivity index (χ4v) is 3.54. The molecule has 3 atom stereocenters. The fraction of sp³-hybridized carbons (Fsp3) is 0.867. The minimum Gasteiger partial charge on any atom is -0.480 e. The van der Waals surface area contributed by atoms with E-state index in [9.17, 15) is 14.7 Å². The van der Waals surface area contributed by atoms with Crippen molar-refractivity contribution >= 4 is 12.0 Å². The zero-order valence-electron chi connectivity index (χ0n) is 12.5. The molecule has 0 aromatic rings. The molecule has 2 fully saturated rings. The molecule has 2 saturated heterocycles. The van der Waals surface area contributed by atoms with Crippen LogP contribution in [-0.2, 0) is 4.79 Å². The number of hydrogen-bond donors (Lipinski definition) is 1. The molecule has 5 nitrogen and oxygen atoms in total. The number of piperidine rings is 1. The number of amides is 2. The van der Waals surface area contributed by atoms with Gasteiger partial charge in [0.25, 0.3) is 0 Å². The topological polar surface area (TPSA) is 60.9 Å². The van der Waals surface area contributed by atoms with Crippen LogP contribution in [0.25, 0.3) is 0 Å². The highest BCUT2D eigenvalue weighted by Crippen LogP contribution is 2.26. The van der Waals surface area contributed by atoms with Crippen molar-refractivity contribution in [3.05, 3.63) is 0 Å². The van der Waals surface area contributed by atoms with Crippen LogP contribution in [0, 0.1) is 0 Å². The van der Waals surface area contributed by atoms with Crippen molar-refractivity contribution in [1.82, 2.24) is 9.80 Å². The van der Waals surface area contributed by atoms with Crippen molar-refractivity contribution in [3.8, 4) is 0 Å². The van der Waals surface area contributed by atoms with E-state index in [4.69, 9.17) is 0 Å². The highest BCUT2D eigenvalue weighted by molar-refractivity contribution is 5.83. The van der Waals surface area contributed by atoms with Crippen LogP contribution in [-0.4, -0.2) is 51.6 Å². The highest BCUT2D eigenvalue weighted by Gasteiger charge is 2.37. The summed E-state index contributed by atoms with van der Waals surface area (Å²) in [5, 5.41) is 9.40. The molecule has 0 bridgehead atoms. The number of rotatable bonds is 1. The van der Waals surface area contributed by atoms with Gasteiger partial charge >= 0.3 is 12.0 Å². The van der Waals surface area contributed by atoms with Gasteiger partial charge in [-0.2, -0.15) is 0 Å². The lowest BCUT2D eigenvalue weighted by Crippen LogP contribution is -2.56. The largest absolute Gasteiger partial charge is 0.480 e. The fourth-order valence-electron chi connectivity index (χ4n) is 3.54. The van der Waals surface area contributed by atoms with Gasteiger partial charge in [-0.3, -0.25) is 0 Å². The molecule has 2 amide bonds. The summed E-state index contributed by atoms with van der Waals surface area (Å²) in [4.78, 5) is 27.8. The average molecular weight is 282 g/mol. The quantitative estimate of drug-likeness (QED) is 0.804. The standard InChI is InChI=1S/C15H26N2O3/c1-11-7-6-8-12(2)17(11)15(20)16-10-5-3-4-9-13(16)14(18)19/h11-13H,3-10H2,1-2H3,(H,18,19). The van der Waals surface area contributed by atoms with Gasteiger partial charge in [0, 0.05) is 18.6 Å². The zero-order valence-corrected chi connectivity index (χ0v) is 12.5. The molecule has 0 spiro atoms. The van der Waals surface area contributed by atoms with Gasteiger partial charge in [-0.1, -0.05) is 12.8 Å². The molecule has 5 heteroatoms. The van der Waals surface area contributed by atoms with Gasteiger partial charge in [-0.05, 0) is 46.0 Å². The molecular formula is C15H26N2O3. The molecule has 2 heterocycles. The molecule has 2 aliphatic heterocycles. The van der Waals surface area contributed by atoms with Gasteiger partial charge in [-0.15, -0.1) is 0 Å². The summed E-state index contributed by atoms with van der Waals surface area (Å²) < 4.78 is 0.